The summed E-state index contributed by atoms with van der Waals surface area (Å²) >= 11 is 0. The van der Waals surface area contributed by atoms with E-state index >= 15 is 0 Å². The number of carbonyl (C=O) groups excluding carboxylic acids is 2. The van der Waals surface area contributed by atoms with Crippen LogP contribution in [0.2, 0.25) is 0 Å². The molecule has 200 valence electrons. The van der Waals surface area contributed by atoms with Crippen molar-refractivity contribution in [2.75, 3.05) is 25.1 Å². The van der Waals surface area contributed by atoms with Gasteiger partial charge in [0.2, 0.25) is 0 Å². The van der Waals surface area contributed by atoms with Crippen molar-refractivity contribution < 1.29 is 33.9 Å². The number of nitro benzene ring substituents is 1. The van der Waals surface area contributed by atoms with Crippen LogP contribution in [0.1, 0.15) is 22.8 Å². The van der Waals surface area contributed by atoms with Gasteiger partial charge in [-0.2, -0.15) is 10.2 Å². The highest BCUT2D eigenvalue weighted by Crippen LogP contribution is 2.27. The van der Waals surface area contributed by atoms with Gasteiger partial charge < -0.3 is 19.5 Å². The molecule has 3 aromatic rings. The zero-order chi connectivity index (χ0) is 28.4. The summed E-state index contributed by atoms with van der Waals surface area (Å²) in [6, 6.07) is 16.9. The van der Waals surface area contributed by atoms with Crippen LogP contribution in [0.3, 0.4) is 0 Å². The summed E-state index contributed by atoms with van der Waals surface area (Å²) in [5.41, 5.74) is 1.06. The summed E-state index contributed by atoms with van der Waals surface area (Å²) in [5.74, 6) is -2.02. The first-order valence-corrected chi connectivity index (χ1v) is 11.6. The van der Waals surface area contributed by atoms with Crippen LogP contribution in [0.15, 0.2) is 83.0 Å². The van der Waals surface area contributed by atoms with Gasteiger partial charge >= 0.3 is 17.9 Å². The molecule has 0 aromatic heterocycles. The number of carboxylic acid groups (broad SMARTS) is 1. The minimum absolute atomic E-state index is 0.0118. The lowest BCUT2D eigenvalue weighted by atomic mass is 10.1. The Morgan fingerprint density at radius 3 is 2.23 bits per heavy atom. The van der Waals surface area contributed by atoms with E-state index in [1.807, 2.05) is 6.92 Å². The van der Waals surface area contributed by atoms with E-state index in [0.29, 0.717) is 18.0 Å². The Kier molecular flexibility index (Phi) is 9.57. The average Bonchev–Trinajstić information content (AvgIpc) is 2.94. The summed E-state index contributed by atoms with van der Waals surface area (Å²) in [6.07, 6.45) is 2.87. The molecule has 0 radical (unpaired) electrons. The summed E-state index contributed by atoms with van der Waals surface area (Å²) in [4.78, 5) is 47.0. The van der Waals surface area contributed by atoms with E-state index in [1.54, 1.807) is 59.5 Å². The molecule has 12 heteroatoms. The molecular formula is C27H24N4O8. The summed E-state index contributed by atoms with van der Waals surface area (Å²) in [6.45, 7) is 2.40. The first-order chi connectivity index (χ1) is 18.7. The fourth-order valence-electron chi connectivity index (χ4n) is 3.35. The van der Waals surface area contributed by atoms with Crippen molar-refractivity contribution in [1.29, 1.82) is 0 Å². The van der Waals surface area contributed by atoms with Gasteiger partial charge in [0.15, 0.2) is 0 Å². The number of rotatable bonds is 11. The fraction of sp³-hybridized carbons (Fsp3) is 0.148. The number of carbonyl (C=O) groups is 3. The maximum Gasteiger partial charge on any atom is 0.342 e. The van der Waals surface area contributed by atoms with Crippen LogP contribution < -0.4 is 9.64 Å². The van der Waals surface area contributed by atoms with Crippen LogP contribution in [0.5, 0.6) is 5.75 Å². The maximum atomic E-state index is 12.5. The third-order valence-corrected chi connectivity index (χ3v) is 5.33. The Morgan fingerprint density at radius 1 is 1.00 bits per heavy atom. The van der Waals surface area contributed by atoms with E-state index < -0.39 is 34.1 Å². The Bertz CT molecular complexity index is 1420. The molecule has 3 rings (SSSR count). The predicted molar refractivity (Wildman–Crippen MR) is 142 cm³/mol. The van der Waals surface area contributed by atoms with Gasteiger partial charge in [-0.05, 0) is 67.1 Å². The number of hydrogen-bond donors (Lipinski definition) is 1. The van der Waals surface area contributed by atoms with Crippen LogP contribution in [0.4, 0.5) is 22.7 Å². The second-order valence-electron chi connectivity index (χ2n) is 7.89. The number of anilines is 1. The largest absolute Gasteiger partial charge is 0.477 e. The Hall–Kier alpha value is -5.39. The van der Waals surface area contributed by atoms with Crippen molar-refractivity contribution in [3.8, 4) is 5.75 Å². The van der Waals surface area contributed by atoms with E-state index in [9.17, 15) is 29.6 Å². The molecule has 0 amide bonds. The molecule has 12 nitrogen and oxygen atoms in total. The minimum Gasteiger partial charge on any atom is -0.477 e. The molecule has 0 atom stereocenters. The van der Waals surface area contributed by atoms with Crippen LogP contribution in [-0.4, -0.2) is 48.1 Å². The van der Waals surface area contributed by atoms with Gasteiger partial charge in [0, 0.05) is 24.4 Å². The number of azo groups is 1. The van der Waals surface area contributed by atoms with Crippen LogP contribution in [-0.2, 0) is 14.3 Å². The van der Waals surface area contributed by atoms with Crippen molar-refractivity contribution in [2.24, 2.45) is 10.2 Å². The number of aromatic carboxylic acids is 1. The number of methoxy groups -OCH3 is 1. The maximum absolute atomic E-state index is 12.5. The lowest BCUT2D eigenvalue weighted by Gasteiger charge is -2.22. The third kappa shape index (κ3) is 8.05. The first kappa shape index (κ1) is 28.2. The summed E-state index contributed by atoms with van der Waals surface area (Å²) in [7, 11) is 1.29. The van der Waals surface area contributed by atoms with Gasteiger partial charge in [0.25, 0.3) is 5.69 Å². The van der Waals surface area contributed by atoms with Crippen molar-refractivity contribution >= 4 is 46.7 Å². The number of nitrogens with zero attached hydrogens (tertiary/aromatic N) is 4. The number of likely N-dealkylation sites (N-methyl/N-ethyl adjacent to an activating group) is 1. The molecular weight excluding hydrogens is 508 g/mol. The number of hydrogen-bond acceptors (Lipinski definition) is 10. The molecule has 0 heterocycles. The molecule has 3 aromatic carbocycles. The number of nitro groups is 1. The third-order valence-electron chi connectivity index (χ3n) is 5.33. The van der Waals surface area contributed by atoms with Gasteiger partial charge in [-0.3, -0.25) is 10.1 Å². The molecule has 0 unspecified atom stereocenters. The predicted octanol–water partition coefficient (Wildman–Crippen LogP) is 5.33. The molecule has 0 fully saturated rings. The number of benzene rings is 3. The van der Waals surface area contributed by atoms with Gasteiger partial charge in [0.1, 0.15) is 17.9 Å². The van der Waals surface area contributed by atoms with E-state index in [0.717, 1.165) is 23.4 Å². The van der Waals surface area contributed by atoms with E-state index in [2.05, 4.69) is 15.0 Å². The average molecular weight is 533 g/mol. The van der Waals surface area contributed by atoms with E-state index in [-0.39, 0.29) is 12.2 Å². The molecule has 0 saturated heterocycles. The lowest BCUT2D eigenvalue weighted by molar-refractivity contribution is -0.385. The molecule has 1 N–H and O–H groups in total. The van der Waals surface area contributed by atoms with Crippen molar-refractivity contribution in [1.82, 2.24) is 0 Å². The van der Waals surface area contributed by atoms with Crippen molar-refractivity contribution in [2.45, 2.75) is 6.92 Å². The fourth-order valence-corrected chi connectivity index (χ4v) is 3.35. The van der Waals surface area contributed by atoms with Gasteiger partial charge in [-0.1, -0.05) is 12.1 Å². The summed E-state index contributed by atoms with van der Waals surface area (Å²) in [5, 5.41) is 28.2. The quantitative estimate of drug-likeness (QED) is 0.0859. The van der Waals surface area contributed by atoms with Gasteiger partial charge in [-0.25, -0.2) is 14.4 Å². The molecule has 0 saturated carbocycles. The van der Waals surface area contributed by atoms with Crippen LogP contribution in [0, 0.1) is 10.1 Å². The highest BCUT2D eigenvalue weighted by molar-refractivity contribution is 5.93. The molecule has 0 spiro atoms. The first-order valence-electron chi connectivity index (χ1n) is 11.6. The number of carboxylic acids is 1. The second kappa shape index (κ2) is 13.2. The van der Waals surface area contributed by atoms with Crippen molar-refractivity contribution in [3.05, 3.63) is 94.0 Å². The zero-order valence-corrected chi connectivity index (χ0v) is 21.0. The van der Waals surface area contributed by atoms with Crippen molar-refractivity contribution in [3.63, 3.8) is 0 Å². The molecule has 0 aliphatic heterocycles. The molecule has 39 heavy (non-hydrogen) atoms. The smallest absolute Gasteiger partial charge is 0.342 e. The van der Waals surface area contributed by atoms with Gasteiger partial charge in [0.05, 0.1) is 23.4 Å². The Morgan fingerprint density at radius 2 is 1.64 bits per heavy atom. The Labute approximate surface area is 223 Å². The minimum atomic E-state index is -1.44. The topological polar surface area (TPSA) is 161 Å². The molecule has 0 aliphatic rings. The zero-order valence-electron chi connectivity index (χ0n) is 21.0. The van der Waals surface area contributed by atoms with E-state index in [1.165, 1.54) is 19.3 Å². The van der Waals surface area contributed by atoms with Crippen LogP contribution in [0.25, 0.3) is 6.08 Å². The molecule has 0 aliphatic carbocycles. The monoisotopic (exact) mass is 532 g/mol. The molecule has 0 bridgehead atoms. The number of ether oxygens (including phenoxy) is 2. The van der Waals surface area contributed by atoms with Gasteiger partial charge in [-0.15, -0.1) is 0 Å². The highest BCUT2D eigenvalue weighted by Gasteiger charge is 2.20. The van der Waals surface area contributed by atoms with Crippen LogP contribution >= 0.6 is 0 Å². The SMILES string of the molecule is CCN(CC(=O)Oc1ccc(C=CC(=O)OC)cc1)c1ccc(N=Nc2ccc([N+](=O)[O-])c(C(=O)O)c2)cc1. The standard InChI is InChI=1S/C27H24N4O8/c1-3-30(17-26(33)39-22-12-4-18(5-13-22)6-15-25(32)38-2)21-10-7-19(8-11-21)28-29-20-9-14-24(31(36)37)23(16-20)27(34)35/h4-16H,3,17H2,1-2H3,(H,34,35). The highest BCUT2D eigenvalue weighted by atomic mass is 16.6. The lowest BCUT2D eigenvalue weighted by Crippen LogP contribution is -2.32. The number of esters is 2. The van der Waals surface area contributed by atoms with E-state index in [4.69, 9.17) is 4.74 Å². The Balaban J connectivity index is 1.62. The normalized spacial score (nSPS) is 10.9. The second-order valence-corrected chi connectivity index (χ2v) is 7.89. The summed E-state index contributed by atoms with van der Waals surface area (Å²) < 4.78 is 9.96.